The molecule has 1 aliphatic carbocycles. The van der Waals surface area contributed by atoms with Crippen LogP contribution in [0.2, 0.25) is 10.2 Å². The molecule has 1 N–H and O–H groups in total. The van der Waals surface area contributed by atoms with E-state index in [4.69, 9.17) is 23.2 Å². The molecule has 0 fully saturated rings. The quantitative estimate of drug-likeness (QED) is 0.378. The van der Waals surface area contributed by atoms with E-state index >= 15 is 0 Å². The van der Waals surface area contributed by atoms with Crippen LogP contribution in [0.3, 0.4) is 0 Å². The van der Waals surface area contributed by atoms with Crippen LogP contribution in [0.5, 0.6) is 0 Å². The minimum Gasteiger partial charge on any atom is -0.283 e. The third kappa shape index (κ3) is 3.74. The number of nitrogens with one attached hydrogen (secondary N) is 1. The van der Waals surface area contributed by atoms with Crippen molar-refractivity contribution in [3.8, 4) is 22.6 Å². The maximum Gasteiger partial charge on any atom is 0.254 e. The van der Waals surface area contributed by atoms with Crippen LogP contribution < -0.4 is 5.56 Å². The summed E-state index contributed by atoms with van der Waals surface area (Å²) in [6, 6.07) is 6.66. The maximum atomic E-state index is 13.6. The summed E-state index contributed by atoms with van der Waals surface area (Å²) in [5.41, 5.74) is 1.78. The first-order valence-corrected chi connectivity index (χ1v) is 11.5. The first-order valence-electron chi connectivity index (χ1n) is 10.8. The summed E-state index contributed by atoms with van der Waals surface area (Å²) >= 11 is 12.2. The summed E-state index contributed by atoms with van der Waals surface area (Å²) in [5.74, 6) is 0. The molecule has 13 heteroatoms. The zero-order valence-corrected chi connectivity index (χ0v) is 19.9. The van der Waals surface area contributed by atoms with E-state index in [1.807, 2.05) is 24.3 Å². The first-order chi connectivity index (χ1) is 17.5. The summed E-state index contributed by atoms with van der Waals surface area (Å²) in [6.45, 7) is 0. The van der Waals surface area contributed by atoms with Gasteiger partial charge in [-0.05, 0) is 24.6 Å². The molecular formula is C23H16Cl2N10O. The molecule has 4 heterocycles. The van der Waals surface area contributed by atoms with Gasteiger partial charge in [0.2, 0.25) is 0 Å². The zero-order valence-electron chi connectivity index (χ0n) is 18.4. The summed E-state index contributed by atoms with van der Waals surface area (Å²) in [6.07, 6.45) is 16.4. The van der Waals surface area contributed by atoms with Crippen molar-refractivity contribution in [1.29, 1.82) is 0 Å². The molecule has 0 amide bonds. The fraction of sp³-hybridized carbons (Fsp3) is 0.0870. The first kappa shape index (κ1) is 22.1. The van der Waals surface area contributed by atoms with Gasteiger partial charge >= 0.3 is 0 Å². The van der Waals surface area contributed by atoms with Crippen LogP contribution >= 0.6 is 23.2 Å². The van der Waals surface area contributed by atoms with Crippen LogP contribution in [0, 0.1) is 0 Å². The second kappa shape index (κ2) is 8.70. The number of rotatable bonds is 5. The lowest BCUT2D eigenvalue weighted by Crippen LogP contribution is -2.41. The van der Waals surface area contributed by atoms with Crippen LogP contribution in [0.15, 0.2) is 84.5 Å². The molecule has 11 nitrogen and oxygen atoms in total. The number of hydrogen-bond acceptors (Lipinski definition) is 7. The summed E-state index contributed by atoms with van der Waals surface area (Å²) < 4.78 is 4.66. The second-order valence-electron chi connectivity index (χ2n) is 8.05. The van der Waals surface area contributed by atoms with Crippen molar-refractivity contribution in [2.24, 2.45) is 0 Å². The van der Waals surface area contributed by atoms with Gasteiger partial charge in [-0.25, -0.2) is 14.3 Å². The molecule has 0 spiro atoms. The lowest BCUT2D eigenvalue weighted by Gasteiger charge is -2.31. The van der Waals surface area contributed by atoms with E-state index in [0.717, 1.165) is 5.69 Å². The van der Waals surface area contributed by atoms with Crippen LogP contribution in [-0.4, -0.2) is 49.7 Å². The molecule has 1 unspecified atom stereocenters. The molecule has 36 heavy (non-hydrogen) atoms. The van der Waals surface area contributed by atoms with Gasteiger partial charge in [0.25, 0.3) is 5.56 Å². The van der Waals surface area contributed by atoms with Crippen molar-refractivity contribution in [2.75, 3.05) is 0 Å². The van der Waals surface area contributed by atoms with Gasteiger partial charge in [-0.15, -0.1) is 10.2 Å². The van der Waals surface area contributed by atoms with Crippen LogP contribution in [-0.2, 0) is 5.54 Å². The summed E-state index contributed by atoms with van der Waals surface area (Å²) in [7, 11) is 0. The van der Waals surface area contributed by atoms with Gasteiger partial charge < -0.3 is 0 Å². The molecule has 1 atom stereocenters. The Labute approximate surface area is 213 Å². The zero-order chi connectivity index (χ0) is 24.7. The minimum absolute atomic E-state index is 0.238. The number of hydrogen-bond donors (Lipinski definition) is 1. The molecule has 4 aromatic heterocycles. The average molecular weight is 519 g/mol. The molecule has 0 bridgehead atoms. The third-order valence-corrected chi connectivity index (χ3v) is 6.33. The van der Waals surface area contributed by atoms with E-state index in [1.165, 1.54) is 17.1 Å². The van der Waals surface area contributed by atoms with Gasteiger partial charge in [0, 0.05) is 22.8 Å². The molecule has 1 aromatic carbocycles. The van der Waals surface area contributed by atoms with Crippen LogP contribution in [0.1, 0.15) is 12.1 Å². The predicted molar refractivity (Wildman–Crippen MR) is 132 cm³/mol. The number of benzene rings is 1. The lowest BCUT2D eigenvalue weighted by molar-refractivity contribution is 0.417. The highest BCUT2D eigenvalue weighted by Crippen LogP contribution is 2.33. The van der Waals surface area contributed by atoms with Gasteiger partial charge in [-0.3, -0.25) is 14.5 Å². The molecule has 178 valence electrons. The Morgan fingerprint density at radius 2 is 1.92 bits per heavy atom. The Hall–Kier alpha value is -4.35. The smallest absolute Gasteiger partial charge is 0.254 e. The number of H-pyrrole nitrogens is 1. The van der Waals surface area contributed by atoms with E-state index in [1.54, 1.807) is 52.2 Å². The molecule has 6 rings (SSSR count). The van der Waals surface area contributed by atoms with E-state index in [0.29, 0.717) is 34.1 Å². The van der Waals surface area contributed by atoms with Gasteiger partial charge in [0.05, 0.1) is 36.3 Å². The van der Waals surface area contributed by atoms with Crippen molar-refractivity contribution in [3.63, 3.8) is 0 Å². The molecular weight excluding hydrogens is 503 g/mol. The molecule has 1 aliphatic rings. The average Bonchev–Trinajstić information content (AvgIpc) is 3.66. The SMILES string of the molecule is O=c1cc(-c2cc(Cl)ccc2-n2cc(Cl)nn2)ncn1C1(c2cn(-c3cn[nH]c3)nn2)C=CC=CC1. The highest BCUT2D eigenvalue weighted by Gasteiger charge is 2.36. The predicted octanol–water partition coefficient (Wildman–Crippen LogP) is 3.36. The third-order valence-electron chi connectivity index (χ3n) is 5.92. The van der Waals surface area contributed by atoms with Crippen molar-refractivity contribution in [2.45, 2.75) is 12.0 Å². The van der Waals surface area contributed by atoms with Crippen molar-refractivity contribution in [1.82, 2.24) is 49.7 Å². The van der Waals surface area contributed by atoms with Crippen molar-refractivity contribution >= 4 is 23.2 Å². The van der Waals surface area contributed by atoms with Gasteiger partial charge in [0.15, 0.2) is 5.15 Å². The normalized spacial score (nSPS) is 17.1. The monoisotopic (exact) mass is 518 g/mol. The number of nitrogens with zero attached hydrogens (tertiary/aromatic N) is 9. The topological polar surface area (TPSA) is 125 Å². The molecule has 0 saturated carbocycles. The fourth-order valence-corrected chi connectivity index (χ4v) is 4.48. The molecule has 0 saturated heterocycles. The summed E-state index contributed by atoms with van der Waals surface area (Å²) in [5, 5.41) is 23.9. The minimum atomic E-state index is -0.907. The largest absolute Gasteiger partial charge is 0.283 e. The molecule has 5 aromatic rings. The number of allylic oxidation sites excluding steroid dienone is 4. The van der Waals surface area contributed by atoms with Crippen LogP contribution in [0.25, 0.3) is 22.6 Å². The van der Waals surface area contributed by atoms with Crippen molar-refractivity contribution in [3.05, 3.63) is 106 Å². The maximum absolute atomic E-state index is 13.6. The van der Waals surface area contributed by atoms with Crippen molar-refractivity contribution < 1.29 is 0 Å². The Morgan fingerprint density at radius 1 is 1.03 bits per heavy atom. The fourth-order valence-electron chi connectivity index (χ4n) is 4.18. The van der Waals surface area contributed by atoms with Gasteiger partial charge in [0.1, 0.15) is 16.9 Å². The lowest BCUT2D eigenvalue weighted by atomic mass is 9.87. The molecule has 0 radical (unpaired) electrons. The molecule has 0 aliphatic heterocycles. The Balaban J connectivity index is 1.46. The second-order valence-corrected chi connectivity index (χ2v) is 8.87. The van der Waals surface area contributed by atoms with E-state index in [9.17, 15) is 4.79 Å². The number of halogens is 2. The van der Waals surface area contributed by atoms with E-state index in [2.05, 4.69) is 35.8 Å². The van der Waals surface area contributed by atoms with E-state index < -0.39 is 5.54 Å². The Kier molecular flexibility index (Phi) is 5.35. The Bertz CT molecular complexity index is 1680. The highest BCUT2D eigenvalue weighted by molar-refractivity contribution is 6.31. The van der Waals surface area contributed by atoms with Gasteiger partial charge in [-0.2, -0.15) is 5.10 Å². The number of aromatic amines is 1. The Morgan fingerprint density at radius 3 is 2.64 bits per heavy atom. The highest BCUT2D eigenvalue weighted by atomic mass is 35.5. The van der Waals surface area contributed by atoms with Crippen LogP contribution in [0.4, 0.5) is 0 Å². The van der Waals surface area contributed by atoms with Gasteiger partial charge in [-0.1, -0.05) is 57.9 Å². The summed E-state index contributed by atoms with van der Waals surface area (Å²) in [4.78, 5) is 18.2. The van der Waals surface area contributed by atoms with E-state index in [-0.39, 0.29) is 10.7 Å². The standard InChI is InChI=1S/C23H16Cl2N10O/c24-15-4-5-19(35-13-21(25)30-32-35)17(8-15)18-9-22(36)33(14-26-18)23(6-2-1-3-7-23)20-12-34(31-29-20)16-10-27-28-11-16/h1-6,8-14H,7H2,(H,27,28). The number of aromatic nitrogens is 10.